The van der Waals surface area contributed by atoms with Crippen molar-refractivity contribution >= 4 is 5.78 Å². The zero-order valence-corrected chi connectivity index (χ0v) is 15.0. The lowest BCUT2D eigenvalue weighted by molar-refractivity contribution is -0.129. The van der Waals surface area contributed by atoms with Crippen molar-refractivity contribution in [3.05, 3.63) is 23.3 Å². The van der Waals surface area contributed by atoms with Crippen molar-refractivity contribution in [2.24, 2.45) is 5.92 Å². The van der Waals surface area contributed by atoms with Gasteiger partial charge < -0.3 is 14.2 Å². The summed E-state index contributed by atoms with van der Waals surface area (Å²) in [5.74, 6) is -0.440. The molecule has 0 aliphatic carbocycles. The molecule has 25 heavy (non-hydrogen) atoms. The third-order valence-corrected chi connectivity index (χ3v) is 4.99. The van der Waals surface area contributed by atoms with E-state index in [0.29, 0.717) is 19.6 Å². The largest absolute Gasteiger partial charge is 0.412 e. The quantitative estimate of drug-likeness (QED) is 0.566. The SMILES string of the molecule is CO[C@@H]1C(=O)/C=C(/C)COCC[C@H]1[C@@]1(C)O[C@@H]1C/C=C(\C)C(F)(F)F. The molecule has 0 bridgehead atoms. The van der Waals surface area contributed by atoms with Gasteiger partial charge in [-0.15, -0.1) is 0 Å². The van der Waals surface area contributed by atoms with E-state index in [1.165, 1.54) is 13.2 Å². The molecule has 0 N–H and O–H groups in total. The van der Waals surface area contributed by atoms with Gasteiger partial charge in [-0.25, -0.2) is 0 Å². The number of hydrogen-bond acceptors (Lipinski definition) is 4. The zero-order chi connectivity index (χ0) is 18.8. The molecule has 4 nitrogen and oxygen atoms in total. The van der Waals surface area contributed by atoms with Crippen LogP contribution >= 0.6 is 0 Å². The Morgan fingerprint density at radius 2 is 2.16 bits per heavy atom. The molecule has 7 heteroatoms. The van der Waals surface area contributed by atoms with Crippen LogP contribution in [0.5, 0.6) is 0 Å². The van der Waals surface area contributed by atoms with E-state index in [4.69, 9.17) is 14.2 Å². The number of carbonyl (C=O) groups excluding carboxylic acids is 1. The minimum Gasteiger partial charge on any atom is -0.377 e. The summed E-state index contributed by atoms with van der Waals surface area (Å²) in [7, 11) is 1.46. The maximum atomic E-state index is 12.6. The van der Waals surface area contributed by atoms with Gasteiger partial charge in [-0.2, -0.15) is 13.2 Å². The standard InChI is InChI=1S/C18H25F3O4/c1-11-9-14(22)16(23-4)13(7-8-24-10-11)17(3)15(25-17)6-5-12(2)18(19,20)21/h5,9,13,15-16H,6-8,10H2,1-4H3/b11-9-,12-5+/t13-,15-,16+,17-/m1/s1. The smallest absolute Gasteiger partial charge is 0.377 e. The highest BCUT2D eigenvalue weighted by Gasteiger charge is 2.59. The number of carbonyl (C=O) groups is 1. The lowest BCUT2D eigenvalue weighted by Crippen LogP contribution is -2.40. The van der Waals surface area contributed by atoms with E-state index in [2.05, 4.69) is 0 Å². The third-order valence-electron chi connectivity index (χ3n) is 4.99. The fourth-order valence-electron chi connectivity index (χ4n) is 3.31. The highest BCUT2D eigenvalue weighted by Crippen LogP contribution is 2.48. The molecule has 0 aromatic carbocycles. The van der Waals surface area contributed by atoms with Crippen molar-refractivity contribution in [1.82, 2.24) is 0 Å². The summed E-state index contributed by atoms with van der Waals surface area (Å²) in [6, 6.07) is 0. The van der Waals surface area contributed by atoms with Crippen molar-refractivity contribution in [1.29, 1.82) is 0 Å². The summed E-state index contributed by atoms with van der Waals surface area (Å²) < 4.78 is 54.6. The number of halogens is 3. The van der Waals surface area contributed by atoms with E-state index in [9.17, 15) is 18.0 Å². The monoisotopic (exact) mass is 362 g/mol. The van der Waals surface area contributed by atoms with Gasteiger partial charge in [0.2, 0.25) is 0 Å². The highest BCUT2D eigenvalue weighted by atomic mass is 19.4. The fourth-order valence-corrected chi connectivity index (χ4v) is 3.31. The molecular formula is C18H25F3O4. The van der Waals surface area contributed by atoms with Crippen LogP contribution in [-0.4, -0.2) is 50.1 Å². The topological polar surface area (TPSA) is 48.1 Å². The Bertz CT molecular complexity index is 567. The van der Waals surface area contributed by atoms with E-state index < -0.39 is 23.5 Å². The maximum absolute atomic E-state index is 12.6. The molecule has 0 amide bonds. The van der Waals surface area contributed by atoms with E-state index in [1.807, 2.05) is 13.8 Å². The van der Waals surface area contributed by atoms with Crippen LogP contribution in [0.2, 0.25) is 0 Å². The van der Waals surface area contributed by atoms with Crippen LogP contribution in [0.1, 0.15) is 33.6 Å². The van der Waals surface area contributed by atoms with Crippen molar-refractivity contribution in [2.75, 3.05) is 20.3 Å². The Morgan fingerprint density at radius 1 is 1.48 bits per heavy atom. The van der Waals surface area contributed by atoms with E-state index >= 15 is 0 Å². The molecule has 4 atom stereocenters. The molecule has 0 radical (unpaired) electrons. The summed E-state index contributed by atoms with van der Waals surface area (Å²) in [4.78, 5) is 12.5. The number of allylic oxidation sites excluding steroid dienone is 1. The molecule has 1 fully saturated rings. The number of hydrogen-bond donors (Lipinski definition) is 0. The number of ether oxygens (including phenoxy) is 3. The average molecular weight is 362 g/mol. The Morgan fingerprint density at radius 3 is 2.76 bits per heavy atom. The van der Waals surface area contributed by atoms with Gasteiger partial charge >= 0.3 is 6.18 Å². The number of rotatable bonds is 4. The lowest BCUT2D eigenvalue weighted by atomic mass is 9.81. The molecule has 0 aromatic heterocycles. The van der Waals surface area contributed by atoms with E-state index in [1.54, 1.807) is 0 Å². The first-order chi connectivity index (χ1) is 11.6. The van der Waals surface area contributed by atoms with Crippen LogP contribution in [0, 0.1) is 5.92 Å². The summed E-state index contributed by atoms with van der Waals surface area (Å²) in [6.45, 7) is 5.50. The molecular weight excluding hydrogens is 337 g/mol. The van der Waals surface area contributed by atoms with Crippen LogP contribution in [0.25, 0.3) is 0 Å². The van der Waals surface area contributed by atoms with E-state index in [-0.39, 0.29) is 24.2 Å². The van der Waals surface area contributed by atoms with Gasteiger partial charge in [-0.3, -0.25) is 4.79 Å². The van der Waals surface area contributed by atoms with Crippen LogP contribution < -0.4 is 0 Å². The molecule has 0 aromatic rings. The van der Waals surface area contributed by atoms with Gasteiger partial charge in [0, 0.05) is 25.2 Å². The van der Waals surface area contributed by atoms with Gasteiger partial charge in [0.15, 0.2) is 5.78 Å². The first-order valence-corrected chi connectivity index (χ1v) is 8.33. The minimum atomic E-state index is -4.33. The Labute approximate surface area is 146 Å². The summed E-state index contributed by atoms with van der Waals surface area (Å²) in [5, 5.41) is 0. The summed E-state index contributed by atoms with van der Waals surface area (Å²) >= 11 is 0. The first kappa shape index (κ1) is 20.1. The predicted octanol–water partition coefficient (Wildman–Crippen LogP) is 3.61. The molecule has 2 heterocycles. The number of alkyl halides is 3. The molecule has 0 spiro atoms. The minimum absolute atomic E-state index is 0.151. The highest BCUT2D eigenvalue weighted by molar-refractivity contribution is 5.94. The van der Waals surface area contributed by atoms with Crippen molar-refractivity contribution in [2.45, 2.75) is 57.6 Å². The predicted molar refractivity (Wildman–Crippen MR) is 86.2 cm³/mol. The normalized spacial score (nSPS) is 36.9. The Balaban J connectivity index is 2.13. The second kappa shape index (κ2) is 7.60. The van der Waals surface area contributed by atoms with Gasteiger partial charge in [0.05, 0.1) is 18.3 Å². The second-order valence-corrected chi connectivity index (χ2v) is 6.91. The third kappa shape index (κ3) is 4.71. The number of ketones is 1. The molecule has 1 saturated heterocycles. The van der Waals surface area contributed by atoms with Gasteiger partial charge in [-0.1, -0.05) is 6.08 Å². The molecule has 2 rings (SSSR count). The van der Waals surface area contributed by atoms with Gasteiger partial charge in [0.25, 0.3) is 0 Å². The van der Waals surface area contributed by atoms with Crippen LogP contribution in [0.4, 0.5) is 13.2 Å². The molecule has 2 aliphatic rings. The second-order valence-electron chi connectivity index (χ2n) is 6.91. The Kier molecular flexibility index (Phi) is 6.12. The van der Waals surface area contributed by atoms with Crippen molar-refractivity contribution in [3.63, 3.8) is 0 Å². The average Bonchev–Trinajstić information content (AvgIpc) is 3.16. The first-order valence-electron chi connectivity index (χ1n) is 8.33. The maximum Gasteiger partial charge on any atom is 0.412 e. The zero-order valence-electron chi connectivity index (χ0n) is 15.0. The molecule has 142 valence electrons. The van der Waals surface area contributed by atoms with Gasteiger partial charge in [0.1, 0.15) is 6.10 Å². The van der Waals surface area contributed by atoms with Crippen LogP contribution in [0.15, 0.2) is 23.3 Å². The fraction of sp³-hybridized carbons (Fsp3) is 0.722. The lowest BCUT2D eigenvalue weighted by Gasteiger charge is -2.27. The molecule has 0 saturated carbocycles. The summed E-state index contributed by atoms with van der Waals surface area (Å²) in [6.07, 6.45) is -2.04. The Hall–Kier alpha value is -1.18. The number of methoxy groups -OCH3 is 1. The van der Waals surface area contributed by atoms with Crippen molar-refractivity contribution < 1.29 is 32.2 Å². The summed E-state index contributed by atoms with van der Waals surface area (Å²) in [5.41, 5.74) is -0.523. The molecule has 2 aliphatic heterocycles. The number of epoxide rings is 1. The van der Waals surface area contributed by atoms with Crippen molar-refractivity contribution in [3.8, 4) is 0 Å². The van der Waals surface area contributed by atoms with Gasteiger partial charge in [-0.05, 0) is 45.3 Å². The van der Waals surface area contributed by atoms with E-state index in [0.717, 1.165) is 18.6 Å². The molecule has 0 unspecified atom stereocenters. The van der Waals surface area contributed by atoms with Crippen LogP contribution in [0.3, 0.4) is 0 Å². The van der Waals surface area contributed by atoms with Crippen LogP contribution in [-0.2, 0) is 19.0 Å².